The number of aryl methyl sites for hydroxylation is 2. The van der Waals surface area contributed by atoms with Crippen LogP contribution in [-0.4, -0.2) is 19.9 Å². The number of H-pyrrole nitrogens is 1. The van der Waals surface area contributed by atoms with Gasteiger partial charge in [-0.1, -0.05) is 6.92 Å². The number of aromatic amines is 1. The molecule has 0 spiro atoms. The van der Waals surface area contributed by atoms with Crippen molar-refractivity contribution in [3.8, 4) is 11.5 Å². The maximum atomic E-state index is 11.7. The topological polar surface area (TPSA) is 71.5 Å². The molecule has 0 bridgehead atoms. The van der Waals surface area contributed by atoms with Crippen molar-refractivity contribution in [2.45, 2.75) is 20.3 Å². The van der Waals surface area contributed by atoms with Crippen LogP contribution in [0, 0.1) is 10.5 Å². The van der Waals surface area contributed by atoms with Crippen molar-refractivity contribution in [2.75, 3.05) is 0 Å². The molecule has 0 unspecified atom stereocenters. The van der Waals surface area contributed by atoms with Crippen LogP contribution in [0.2, 0.25) is 0 Å². The van der Waals surface area contributed by atoms with E-state index in [-0.39, 0.29) is 5.56 Å². The van der Waals surface area contributed by atoms with Crippen molar-refractivity contribution in [1.29, 1.82) is 0 Å². The second kappa shape index (κ2) is 4.91. The molecular weight excluding hydrogens is 331 g/mol. The van der Waals surface area contributed by atoms with Gasteiger partial charge in [0.1, 0.15) is 11.5 Å². The minimum absolute atomic E-state index is 0.122. The largest absolute Gasteiger partial charge is 0.304 e. The zero-order valence-electron chi connectivity index (χ0n) is 9.49. The zero-order valence-corrected chi connectivity index (χ0v) is 11.6. The molecule has 6 heteroatoms. The first-order chi connectivity index (χ1) is 8.11. The summed E-state index contributed by atoms with van der Waals surface area (Å²) in [7, 11) is 0. The van der Waals surface area contributed by atoms with Crippen molar-refractivity contribution in [2.24, 2.45) is 0 Å². The highest BCUT2D eigenvalue weighted by Crippen LogP contribution is 2.13. The summed E-state index contributed by atoms with van der Waals surface area (Å²) in [6.07, 6.45) is 2.38. The quantitative estimate of drug-likeness (QED) is 0.844. The second-order valence-corrected chi connectivity index (χ2v) is 4.60. The SMILES string of the molecule is CCc1nc(-c2ccnc(C)n2)[nH]c(=O)c1I. The Balaban J connectivity index is 2.61. The predicted molar refractivity (Wildman–Crippen MR) is 72.7 cm³/mol. The molecule has 1 N–H and O–H groups in total. The lowest BCUT2D eigenvalue weighted by molar-refractivity contribution is 0.952. The summed E-state index contributed by atoms with van der Waals surface area (Å²) in [6, 6.07) is 1.73. The Hall–Kier alpha value is -1.31. The van der Waals surface area contributed by atoms with Gasteiger partial charge in [0.2, 0.25) is 0 Å². The molecule has 2 heterocycles. The number of rotatable bonds is 2. The maximum Gasteiger partial charge on any atom is 0.264 e. The zero-order chi connectivity index (χ0) is 12.4. The molecule has 0 aliphatic carbocycles. The minimum atomic E-state index is -0.122. The average Bonchev–Trinajstić information content (AvgIpc) is 2.32. The standard InChI is InChI=1S/C11H11IN4O/c1-3-7-9(12)11(17)16-10(15-7)8-4-5-13-6(2)14-8/h4-5H,3H2,1-2H3,(H,15,16,17). The second-order valence-electron chi connectivity index (χ2n) is 3.52. The smallest absolute Gasteiger partial charge is 0.264 e. The fraction of sp³-hybridized carbons (Fsp3) is 0.273. The van der Waals surface area contributed by atoms with E-state index in [1.54, 1.807) is 19.2 Å². The van der Waals surface area contributed by atoms with Gasteiger partial charge in [-0.15, -0.1) is 0 Å². The highest BCUT2D eigenvalue weighted by molar-refractivity contribution is 14.1. The molecule has 0 radical (unpaired) electrons. The monoisotopic (exact) mass is 342 g/mol. The van der Waals surface area contributed by atoms with E-state index in [2.05, 4.69) is 19.9 Å². The van der Waals surface area contributed by atoms with Crippen LogP contribution in [0.5, 0.6) is 0 Å². The van der Waals surface area contributed by atoms with Gasteiger partial charge in [0.15, 0.2) is 5.82 Å². The Bertz CT molecular complexity index is 609. The molecule has 0 amide bonds. The Morgan fingerprint density at radius 1 is 1.41 bits per heavy atom. The first-order valence-corrected chi connectivity index (χ1v) is 6.28. The predicted octanol–water partition coefficient (Wildman–Crippen LogP) is 1.70. The lowest BCUT2D eigenvalue weighted by Crippen LogP contribution is -2.16. The third kappa shape index (κ3) is 2.51. The molecule has 17 heavy (non-hydrogen) atoms. The Morgan fingerprint density at radius 2 is 2.18 bits per heavy atom. The van der Waals surface area contributed by atoms with E-state index < -0.39 is 0 Å². The van der Waals surface area contributed by atoms with Crippen molar-refractivity contribution >= 4 is 22.6 Å². The molecule has 0 aliphatic heterocycles. The van der Waals surface area contributed by atoms with E-state index in [0.29, 0.717) is 20.9 Å². The molecule has 2 aromatic heterocycles. The first-order valence-electron chi connectivity index (χ1n) is 5.20. The molecule has 2 rings (SSSR count). The van der Waals surface area contributed by atoms with Gasteiger partial charge >= 0.3 is 0 Å². The van der Waals surface area contributed by atoms with Gasteiger partial charge in [-0.25, -0.2) is 15.0 Å². The van der Waals surface area contributed by atoms with Crippen LogP contribution in [0.4, 0.5) is 0 Å². The lowest BCUT2D eigenvalue weighted by atomic mass is 10.3. The number of nitrogens with zero attached hydrogens (tertiary/aromatic N) is 3. The van der Waals surface area contributed by atoms with E-state index in [1.165, 1.54) is 0 Å². The minimum Gasteiger partial charge on any atom is -0.304 e. The number of hydrogen-bond donors (Lipinski definition) is 1. The Kier molecular flexibility index (Phi) is 3.51. The van der Waals surface area contributed by atoms with Gasteiger partial charge in [-0.3, -0.25) is 4.79 Å². The van der Waals surface area contributed by atoms with Gasteiger partial charge in [-0.2, -0.15) is 0 Å². The van der Waals surface area contributed by atoms with Gasteiger partial charge in [-0.05, 0) is 42.0 Å². The summed E-state index contributed by atoms with van der Waals surface area (Å²) in [5.41, 5.74) is 1.31. The van der Waals surface area contributed by atoms with Gasteiger partial charge in [0.25, 0.3) is 5.56 Å². The van der Waals surface area contributed by atoms with Crippen LogP contribution >= 0.6 is 22.6 Å². The number of aromatic nitrogens is 4. The number of halogens is 1. The third-order valence-electron chi connectivity index (χ3n) is 2.28. The highest BCUT2D eigenvalue weighted by atomic mass is 127. The van der Waals surface area contributed by atoms with Gasteiger partial charge < -0.3 is 4.98 Å². The van der Waals surface area contributed by atoms with Gasteiger partial charge in [0.05, 0.1) is 9.26 Å². The van der Waals surface area contributed by atoms with E-state index in [4.69, 9.17) is 0 Å². The summed E-state index contributed by atoms with van der Waals surface area (Å²) in [5.74, 6) is 1.15. The molecule has 2 aromatic rings. The summed E-state index contributed by atoms with van der Waals surface area (Å²) in [4.78, 5) is 27.1. The van der Waals surface area contributed by atoms with Crippen LogP contribution in [0.15, 0.2) is 17.1 Å². The molecule has 0 fully saturated rings. The van der Waals surface area contributed by atoms with E-state index in [0.717, 1.165) is 12.1 Å². The number of hydrogen-bond acceptors (Lipinski definition) is 4. The van der Waals surface area contributed by atoms with Gasteiger partial charge in [0, 0.05) is 6.20 Å². The van der Waals surface area contributed by atoms with E-state index in [9.17, 15) is 4.79 Å². The summed E-state index contributed by atoms with van der Waals surface area (Å²) in [6.45, 7) is 3.77. The Morgan fingerprint density at radius 3 is 2.82 bits per heavy atom. The van der Waals surface area contributed by atoms with Crippen LogP contribution in [0.25, 0.3) is 11.5 Å². The van der Waals surface area contributed by atoms with Crippen molar-refractivity contribution in [3.63, 3.8) is 0 Å². The molecule has 5 nitrogen and oxygen atoms in total. The highest BCUT2D eigenvalue weighted by Gasteiger charge is 2.09. The maximum absolute atomic E-state index is 11.7. The third-order valence-corrected chi connectivity index (χ3v) is 3.40. The fourth-order valence-electron chi connectivity index (χ4n) is 1.45. The molecule has 0 aliphatic rings. The number of nitrogens with one attached hydrogen (secondary N) is 1. The molecule has 0 atom stereocenters. The fourth-order valence-corrected chi connectivity index (χ4v) is 2.09. The first kappa shape index (κ1) is 12.2. The normalized spacial score (nSPS) is 10.5. The molecule has 0 aromatic carbocycles. The molecule has 0 saturated heterocycles. The lowest BCUT2D eigenvalue weighted by Gasteiger charge is -2.04. The summed E-state index contributed by atoms with van der Waals surface area (Å²) < 4.78 is 0.639. The molecule has 0 saturated carbocycles. The molecular formula is C11H11IN4O. The van der Waals surface area contributed by atoms with E-state index >= 15 is 0 Å². The van der Waals surface area contributed by atoms with Crippen LogP contribution in [-0.2, 0) is 6.42 Å². The average molecular weight is 342 g/mol. The summed E-state index contributed by atoms with van der Waals surface area (Å²) >= 11 is 2.01. The van der Waals surface area contributed by atoms with Crippen molar-refractivity contribution < 1.29 is 0 Å². The Labute approximate surface area is 112 Å². The van der Waals surface area contributed by atoms with Crippen molar-refractivity contribution in [3.05, 3.63) is 37.7 Å². The van der Waals surface area contributed by atoms with Crippen molar-refractivity contribution in [1.82, 2.24) is 19.9 Å². The van der Waals surface area contributed by atoms with Crippen LogP contribution < -0.4 is 5.56 Å². The van der Waals surface area contributed by atoms with Crippen LogP contribution in [0.3, 0.4) is 0 Å². The molecule has 88 valence electrons. The van der Waals surface area contributed by atoms with E-state index in [1.807, 2.05) is 29.5 Å². The van der Waals surface area contributed by atoms with Crippen LogP contribution in [0.1, 0.15) is 18.4 Å². The summed E-state index contributed by atoms with van der Waals surface area (Å²) in [5, 5.41) is 0.